The number of piperidine rings is 1. The second kappa shape index (κ2) is 5.04. The zero-order valence-electron chi connectivity index (χ0n) is 10.1. The van der Waals surface area contributed by atoms with Crippen molar-refractivity contribution >= 4 is 5.82 Å². The fourth-order valence-corrected chi connectivity index (χ4v) is 2.15. The highest BCUT2D eigenvalue weighted by Crippen LogP contribution is 2.25. The van der Waals surface area contributed by atoms with Gasteiger partial charge in [-0.3, -0.25) is 0 Å². The lowest BCUT2D eigenvalue weighted by Crippen LogP contribution is -2.34. The van der Waals surface area contributed by atoms with Crippen LogP contribution in [0.5, 0.6) is 5.75 Å². The Morgan fingerprint density at radius 2 is 2.17 bits per heavy atom. The summed E-state index contributed by atoms with van der Waals surface area (Å²) >= 11 is 0. The fraction of sp³-hybridized carbons (Fsp3) is 0.583. The van der Waals surface area contributed by atoms with Crippen LogP contribution >= 0.6 is 0 Å². The molecule has 18 heavy (non-hydrogen) atoms. The molecular formula is C12H15F3N2O. The van der Waals surface area contributed by atoms with Crippen molar-refractivity contribution in [3.8, 4) is 5.75 Å². The molecule has 1 fully saturated rings. The summed E-state index contributed by atoms with van der Waals surface area (Å²) in [6.45, 7) is 3.95. The molecule has 1 aromatic heterocycles. The van der Waals surface area contributed by atoms with Crippen LogP contribution in [0, 0.1) is 5.92 Å². The van der Waals surface area contributed by atoms with E-state index in [1.54, 1.807) is 6.07 Å². The zero-order chi connectivity index (χ0) is 13.2. The number of alkyl halides is 3. The molecule has 0 aliphatic carbocycles. The molecule has 3 nitrogen and oxygen atoms in total. The van der Waals surface area contributed by atoms with Crippen LogP contribution in [0.1, 0.15) is 19.8 Å². The van der Waals surface area contributed by atoms with Crippen LogP contribution in [0.15, 0.2) is 18.3 Å². The first-order valence-electron chi connectivity index (χ1n) is 5.91. The van der Waals surface area contributed by atoms with E-state index in [0.717, 1.165) is 25.7 Å². The average molecular weight is 260 g/mol. The van der Waals surface area contributed by atoms with E-state index in [0.29, 0.717) is 11.7 Å². The number of nitrogens with zero attached hydrogens (tertiary/aromatic N) is 2. The molecule has 2 rings (SSSR count). The molecule has 1 aliphatic heterocycles. The van der Waals surface area contributed by atoms with Gasteiger partial charge < -0.3 is 9.64 Å². The maximum Gasteiger partial charge on any atom is 0.573 e. The Morgan fingerprint density at radius 3 is 2.72 bits per heavy atom. The smallest absolute Gasteiger partial charge is 0.404 e. The van der Waals surface area contributed by atoms with Gasteiger partial charge in [0, 0.05) is 13.1 Å². The van der Waals surface area contributed by atoms with Crippen LogP contribution < -0.4 is 9.64 Å². The molecule has 0 amide bonds. The first kappa shape index (κ1) is 13.0. The van der Waals surface area contributed by atoms with Crippen LogP contribution in [-0.2, 0) is 0 Å². The van der Waals surface area contributed by atoms with Gasteiger partial charge >= 0.3 is 6.36 Å². The third kappa shape index (κ3) is 3.51. The van der Waals surface area contributed by atoms with Crippen molar-refractivity contribution < 1.29 is 17.9 Å². The van der Waals surface area contributed by atoms with E-state index in [1.807, 2.05) is 0 Å². The Hall–Kier alpha value is -1.46. The molecule has 2 heterocycles. The second-order valence-corrected chi connectivity index (χ2v) is 4.59. The summed E-state index contributed by atoms with van der Waals surface area (Å²) in [5, 5.41) is 0. The van der Waals surface area contributed by atoms with Crippen LogP contribution in [0.2, 0.25) is 0 Å². The van der Waals surface area contributed by atoms with E-state index in [4.69, 9.17) is 0 Å². The van der Waals surface area contributed by atoms with E-state index in [9.17, 15) is 13.2 Å². The predicted octanol–water partition coefficient (Wildman–Crippen LogP) is 3.22. The van der Waals surface area contributed by atoms with Gasteiger partial charge in [0.1, 0.15) is 11.6 Å². The minimum Gasteiger partial charge on any atom is -0.404 e. The van der Waals surface area contributed by atoms with Gasteiger partial charge in [-0.15, -0.1) is 13.2 Å². The largest absolute Gasteiger partial charge is 0.573 e. The summed E-state index contributed by atoms with van der Waals surface area (Å²) in [5.41, 5.74) is 0. The number of hydrogen-bond donors (Lipinski definition) is 0. The van der Waals surface area contributed by atoms with Crippen LogP contribution in [-0.4, -0.2) is 24.4 Å². The fourth-order valence-electron chi connectivity index (χ4n) is 2.15. The maximum atomic E-state index is 12.0. The lowest BCUT2D eigenvalue weighted by molar-refractivity contribution is -0.274. The third-order valence-corrected chi connectivity index (χ3v) is 2.94. The summed E-state index contributed by atoms with van der Waals surface area (Å²) in [6.07, 6.45) is -1.28. The molecule has 100 valence electrons. The summed E-state index contributed by atoms with van der Waals surface area (Å²) in [7, 11) is 0. The molecule has 1 aromatic rings. The predicted molar refractivity (Wildman–Crippen MR) is 61.5 cm³/mol. The average Bonchev–Trinajstić information content (AvgIpc) is 2.28. The van der Waals surface area contributed by atoms with E-state index < -0.39 is 6.36 Å². The van der Waals surface area contributed by atoms with E-state index in [-0.39, 0.29) is 5.75 Å². The number of aromatic nitrogens is 1. The van der Waals surface area contributed by atoms with Gasteiger partial charge in [-0.05, 0) is 30.9 Å². The highest BCUT2D eigenvalue weighted by molar-refractivity contribution is 5.41. The molecule has 0 radical (unpaired) electrons. The topological polar surface area (TPSA) is 25.4 Å². The Kier molecular flexibility index (Phi) is 3.63. The molecule has 0 bridgehead atoms. The summed E-state index contributed by atoms with van der Waals surface area (Å²) in [4.78, 5) is 6.11. The maximum absolute atomic E-state index is 12.0. The Balaban J connectivity index is 2.03. The molecule has 6 heteroatoms. The van der Waals surface area contributed by atoms with E-state index in [1.165, 1.54) is 12.5 Å². The Bertz CT molecular complexity index is 391. The van der Waals surface area contributed by atoms with Gasteiger partial charge in [-0.25, -0.2) is 4.98 Å². The van der Waals surface area contributed by atoms with Crippen LogP contribution in [0.25, 0.3) is 0 Å². The van der Waals surface area contributed by atoms with Crippen molar-refractivity contribution in [2.24, 2.45) is 5.92 Å². The summed E-state index contributed by atoms with van der Waals surface area (Å²) in [5.74, 6) is 1.01. The minimum atomic E-state index is -4.66. The molecule has 0 N–H and O–H groups in total. The van der Waals surface area contributed by atoms with E-state index in [2.05, 4.69) is 21.5 Å². The molecule has 0 spiro atoms. The number of rotatable bonds is 2. The normalized spacial score (nSPS) is 20.9. The molecule has 0 saturated carbocycles. The molecular weight excluding hydrogens is 245 g/mol. The molecule has 1 atom stereocenters. The minimum absolute atomic E-state index is 0.281. The van der Waals surface area contributed by atoms with Gasteiger partial charge in [0.15, 0.2) is 0 Å². The second-order valence-electron chi connectivity index (χ2n) is 4.59. The molecule has 0 aromatic carbocycles. The summed E-state index contributed by atoms with van der Waals surface area (Å²) < 4.78 is 39.7. The van der Waals surface area contributed by atoms with Crippen molar-refractivity contribution in [3.05, 3.63) is 18.3 Å². The van der Waals surface area contributed by atoms with Crippen molar-refractivity contribution in [3.63, 3.8) is 0 Å². The summed E-state index contributed by atoms with van der Waals surface area (Å²) in [6, 6.07) is 2.87. The lowest BCUT2D eigenvalue weighted by Gasteiger charge is -2.31. The van der Waals surface area contributed by atoms with Crippen molar-refractivity contribution in [1.29, 1.82) is 0 Å². The molecule has 1 saturated heterocycles. The van der Waals surface area contributed by atoms with Gasteiger partial charge in [0.25, 0.3) is 0 Å². The highest BCUT2D eigenvalue weighted by atomic mass is 19.4. The number of anilines is 1. The Morgan fingerprint density at radius 1 is 1.39 bits per heavy atom. The monoisotopic (exact) mass is 260 g/mol. The number of ether oxygens (including phenoxy) is 1. The number of pyridine rings is 1. The van der Waals surface area contributed by atoms with Gasteiger partial charge in [-0.2, -0.15) is 0 Å². The highest BCUT2D eigenvalue weighted by Gasteiger charge is 2.31. The third-order valence-electron chi connectivity index (χ3n) is 2.94. The van der Waals surface area contributed by atoms with Gasteiger partial charge in [-0.1, -0.05) is 6.92 Å². The number of halogens is 3. The van der Waals surface area contributed by atoms with Crippen LogP contribution in [0.4, 0.5) is 19.0 Å². The van der Waals surface area contributed by atoms with Gasteiger partial charge in [0.05, 0.1) is 6.20 Å². The number of hydrogen-bond acceptors (Lipinski definition) is 3. The van der Waals surface area contributed by atoms with Crippen molar-refractivity contribution in [1.82, 2.24) is 4.98 Å². The van der Waals surface area contributed by atoms with Crippen molar-refractivity contribution in [2.75, 3.05) is 18.0 Å². The van der Waals surface area contributed by atoms with Crippen molar-refractivity contribution in [2.45, 2.75) is 26.1 Å². The van der Waals surface area contributed by atoms with E-state index >= 15 is 0 Å². The Labute approximate surface area is 104 Å². The molecule has 1 aliphatic rings. The standard InChI is InChI=1S/C12H15F3N2O/c1-9-3-2-6-17(8-9)11-5-4-10(7-16-11)18-12(13,14)15/h4-5,7,9H,2-3,6,8H2,1H3. The molecule has 1 unspecified atom stereocenters. The zero-order valence-corrected chi connectivity index (χ0v) is 10.1. The first-order valence-corrected chi connectivity index (χ1v) is 5.91. The van der Waals surface area contributed by atoms with Gasteiger partial charge in [0.2, 0.25) is 0 Å². The lowest BCUT2D eigenvalue weighted by atomic mass is 10.0. The first-order chi connectivity index (χ1) is 8.44. The SMILES string of the molecule is CC1CCCN(c2ccc(OC(F)(F)F)cn2)C1. The quantitative estimate of drug-likeness (QED) is 0.816. The van der Waals surface area contributed by atoms with Crippen LogP contribution in [0.3, 0.4) is 0 Å².